The Balaban J connectivity index is 2.28. The minimum absolute atomic E-state index is 0.0677. The first-order valence-electron chi connectivity index (χ1n) is 4.08. The molecule has 0 saturated carbocycles. The predicted octanol–water partition coefficient (Wildman–Crippen LogP) is 0.122. The van der Waals surface area contributed by atoms with Gasteiger partial charge in [-0.25, -0.2) is 0 Å². The van der Waals surface area contributed by atoms with E-state index < -0.39 is 0 Å². The molecule has 11 heavy (non-hydrogen) atoms. The summed E-state index contributed by atoms with van der Waals surface area (Å²) >= 11 is 0. The van der Waals surface area contributed by atoms with Crippen molar-refractivity contribution in [1.29, 1.82) is 0 Å². The number of carbonyl (C=O) groups is 1. The molecule has 0 aliphatic carbocycles. The van der Waals surface area contributed by atoms with E-state index in [1.54, 1.807) is 6.92 Å². The summed E-state index contributed by atoms with van der Waals surface area (Å²) in [5.41, 5.74) is 0.283. The first-order chi connectivity index (χ1) is 5.12. The average molecular weight is 156 g/mol. The van der Waals surface area contributed by atoms with E-state index >= 15 is 0 Å². The first kappa shape index (κ1) is 8.53. The Bertz CT molecular complexity index is 150. The summed E-state index contributed by atoms with van der Waals surface area (Å²) in [6.45, 7) is 6.66. The molecule has 1 rings (SSSR count). The van der Waals surface area contributed by atoms with Gasteiger partial charge in [0.1, 0.15) is 0 Å². The van der Waals surface area contributed by atoms with E-state index in [1.165, 1.54) is 0 Å². The van der Waals surface area contributed by atoms with Crippen molar-refractivity contribution in [3.05, 3.63) is 0 Å². The molecule has 0 spiro atoms. The number of hydrogen-bond donors (Lipinski definition) is 2. The summed E-state index contributed by atoms with van der Waals surface area (Å²) in [5.74, 6) is 0.0677. The fourth-order valence-electron chi connectivity index (χ4n) is 1.36. The molecule has 1 amide bonds. The zero-order valence-electron chi connectivity index (χ0n) is 7.24. The average Bonchev–Trinajstić information content (AvgIpc) is 2.33. The van der Waals surface area contributed by atoms with Gasteiger partial charge in [0.15, 0.2) is 0 Å². The van der Waals surface area contributed by atoms with Crippen molar-refractivity contribution >= 4 is 5.91 Å². The molecule has 0 aromatic carbocycles. The second-order valence-corrected chi connectivity index (χ2v) is 3.65. The van der Waals surface area contributed by atoms with Crippen LogP contribution in [0.2, 0.25) is 0 Å². The smallest absolute Gasteiger partial charge is 0.216 e. The van der Waals surface area contributed by atoms with Crippen molar-refractivity contribution in [3.63, 3.8) is 0 Å². The highest BCUT2D eigenvalue weighted by molar-refractivity contribution is 5.72. The van der Waals surface area contributed by atoms with Gasteiger partial charge in [0.2, 0.25) is 5.91 Å². The van der Waals surface area contributed by atoms with E-state index in [0.29, 0.717) is 0 Å². The Hall–Kier alpha value is -0.570. The van der Waals surface area contributed by atoms with E-state index in [0.717, 1.165) is 26.1 Å². The summed E-state index contributed by atoms with van der Waals surface area (Å²) < 4.78 is 0. The van der Waals surface area contributed by atoms with Crippen LogP contribution >= 0.6 is 0 Å². The summed E-state index contributed by atoms with van der Waals surface area (Å²) in [7, 11) is 0. The van der Waals surface area contributed by atoms with Crippen LogP contribution in [0.25, 0.3) is 0 Å². The largest absolute Gasteiger partial charge is 0.356 e. The van der Waals surface area contributed by atoms with Crippen molar-refractivity contribution in [2.75, 3.05) is 19.6 Å². The van der Waals surface area contributed by atoms with E-state index in [1.807, 2.05) is 0 Å². The van der Waals surface area contributed by atoms with Crippen LogP contribution in [0.1, 0.15) is 20.3 Å². The van der Waals surface area contributed by atoms with Gasteiger partial charge in [-0.1, -0.05) is 6.92 Å². The van der Waals surface area contributed by atoms with Crippen LogP contribution in [-0.2, 0) is 4.79 Å². The maximum absolute atomic E-state index is 10.6. The molecule has 3 heteroatoms. The molecule has 3 nitrogen and oxygen atoms in total. The lowest BCUT2D eigenvalue weighted by molar-refractivity contribution is -0.119. The minimum Gasteiger partial charge on any atom is -0.356 e. The second-order valence-electron chi connectivity index (χ2n) is 3.65. The van der Waals surface area contributed by atoms with Gasteiger partial charge in [-0.3, -0.25) is 4.79 Å². The fourth-order valence-corrected chi connectivity index (χ4v) is 1.36. The van der Waals surface area contributed by atoms with E-state index in [-0.39, 0.29) is 11.3 Å². The van der Waals surface area contributed by atoms with Crippen molar-refractivity contribution < 1.29 is 4.79 Å². The number of hydrogen-bond acceptors (Lipinski definition) is 2. The topological polar surface area (TPSA) is 41.1 Å². The van der Waals surface area contributed by atoms with Crippen LogP contribution in [0.3, 0.4) is 0 Å². The Morgan fingerprint density at radius 3 is 2.91 bits per heavy atom. The van der Waals surface area contributed by atoms with Gasteiger partial charge in [0.05, 0.1) is 0 Å². The number of rotatable bonds is 2. The predicted molar refractivity (Wildman–Crippen MR) is 44.3 cm³/mol. The lowest BCUT2D eigenvalue weighted by Crippen LogP contribution is -2.35. The maximum Gasteiger partial charge on any atom is 0.216 e. The molecule has 0 aromatic rings. The van der Waals surface area contributed by atoms with Crippen LogP contribution in [0.4, 0.5) is 0 Å². The quantitative estimate of drug-likeness (QED) is 0.596. The molecule has 1 aliphatic rings. The third-order valence-corrected chi connectivity index (χ3v) is 2.22. The zero-order chi connectivity index (χ0) is 8.32. The van der Waals surface area contributed by atoms with Gasteiger partial charge in [-0.2, -0.15) is 0 Å². The Morgan fingerprint density at radius 2 is 2.45 bits per heavy atom. The Labute approximate surface area is 67.5 Å². The Kier molecular flexibility index (Phi) is 2.49. The molecule has 0 aromatic heterocycles. The third kappa shape index (κ3) is 2.50. The summed E-state index contributed by atoms with van der Waals surface area (Å²) in [4.78, 5) is 10.6. The summed E-state index contributed by atoms with van der Waals surface area (Å²) in [6, 6.07) is 0. The minimum atomic E-state index is 0.0677. The van der Waals surface area contributed by atoms with Gasteiger partial charge in [0, 0.05) is 20.0 Å². The van der Waals surface area contributed by atoms with Crippen LogP contribution in [0.5, 0.6) is 0 Å². The molecule has 1 heterocycles. The molecule has 0 bridgehead atoms. The number of carbonyl (C=O) groups excluding carboxylic acids is 1. The summed E-state index contributed by atoms with van der Waals surface area (Å²) in [6.07, 6.45) is 1.16. The molecular weight excluding hydrogens is 140 g/mol. The first-order valence-corrected chi connectivity index (χ1v) is 4.08. The summed E-state index contributed by atoms with van der Waals surface area (Å²) in [5, 5.41) is 6.13. The normalized spacial score (nSPS) is 30.4. The molecule has 1 saturated heterocycles. The van der Waals surface area contributed by atoms with Gasteiger partial charge in [-0.05, 0) is 18.4 Å². The molecule has 1 unspecified atom stereocenters. The van der Waals surface area contributed by atoms with Gasteiger partial charge < -0.3 is 10.6 Å². The molecule has 2 N–H and O–H groups in total. The number of nitrogens with one attached hydrogen (secondary N) is 2. The highest BCUT2D eigenvalue weighted by atomic mass is 16.1. The zero-order valence-corrected chi connectivity index (χ0v) is 7.24. The molecule has 64 valence electrons. The van der Waals surface area contributed by atoms with Crippen molar-refractivity contribution in [2.24, 2.45) is 5.41 Å². The Morgan fingerprint density at radius 1 is 1.73 bits per heavy atom. The monoisotopic (exact) mass is 156 g/mol. The second kappa shape index (κ2) is 3.22. The molecular formula is C8H16N2O. The molecule has 1 fully saturated rings. The SMILES string of the molecule is CC(=O)NCC1(C)CCNC1. The lowest BCUT2D eigenvalue weighted by atomic mass is 9.90. The van der Waals surface area contributed by atoms with Gasteiger partial charge in [0.25, 0.3) is 0 Å². The van der Waals surface area contributed by atoms with Crippen LogP contribution < -0.4 is 10.6 Å². The molecule has 1 aliphatic heterocycles. The maximum atomic E-state index is 10.6. The van der Waals surface area contributed by atoms with E-state index in [4.69, 9.17) is 0 Å². The highest BCUT2D eigenvalue weighted by Crippen LogP contribution is 2.22. The van der Waals surface area contributed by atoms with Crippen molar-refractivity contribution in [2.45, 2.75) is 20.3 Å². The van der Waals surface area contributed by atoms with Crippen molar-refractivity contribution in [1.82, 2.24) is 10.6 Å². The van der Waals surface area contributed by atoms with Crippen LogP contribution in [-0.4, -0.2) is 25.5 Å². The number of amides is 1. The molecule has 1 atom stereocenters. The van der Waals surface area contributed by atoms with Crippen molar-refractivity contribution in [3.8, 4) is 0 Å². The van der Waals surface area contributed by atoms with E-state index in [9.17, 15) is 4.79 Å². The lowest BCUT2D eigenvalue weighted by Gasteiger charge is -2.22. The standard InChI is InChI=1S/C8H16N2O/c1-7(11)10-6-8(2)3-4-9-5-8/h9H,3-6H2,1-2H3,(H,10,11). The van der Waals surface area contributed by atoms with Gasteiger partial charge in [-0.15, -0.1) is 0 Å². The van der Waals surface area contributed by atoms with Crippen LogP contribution in [0.15, 0.2) is 0 Å². The van der Waals surface area contributed by atoms with E-state index in [2.05, 4.69) is 17.6 Å². The third-order valence-electron chi connectivity index (χ3n) is 2.22. The molecule has 0 radical (unpaired) electrons. The fraction of sp³-hybridized carbons (Fsp3) is 0.875. The highest BCUT2D eigenvalue weighted by Gasteiger charge is 2.28. The van der Waals surface area contributed by atoms with Crippen LogP contribution in [0, 0.1) is 5.41 Å². The van der Waals surface area contributed by atoms with Gasteiger partial charge >= 0.3 is 0 Å².